The lowest BCUT2D eigenvalue weighted by Crippen LogP contribution is -2.03. The quantitative estimate of drug-likeness (QED) is 0.530. The lowest BCUT2D eigenvalue weighted by Gasteiger charge is -2.11. The van der Waals surface area contributed by atoms with Crippen LogP contribution in [0, 0.1) is 0 Å². The first-order valence-electron chi connectivity index (χ1n) is 7.16. The van der Waals surface area contributed by atoms with Gasteiger partial charge in [-0.05, 0) is 30.3 Å². The number of hydrogen-bond donors (Lipinski definition) is 2. The number of ketones is 1. The first-order valence-corrected chi connectivity index (χ1v) is 7.54. The van der Waals surface area contributed by atoms with Gasteiger partial charge in [0.15, 0.2) is 5.78 Å². The number of para-hydroxylation sites is 2. The Hall–Kier alpha value is -2.78. The molecule has 0 atom stereocenters. The Labute approximate surface area is 139 Å². The Morgan fingerprint density at radius 3 is 2.30 bits per heavy atom. The molecule has 0 aliphatic carbocycles. The van der Waals surface area contributed by atoms with Crippen molar-refractivity contribution < 1.29 is 4.79 Å². The zero-order chi connectivity index (χ0) is 16.2. The van der Waals surface area contributed by atoms with E-state index in [1.807, 2.05) is 48.5 Å². The molecule has 3 aromatic carbocycles. The molecule has 0 unspecified atom stereocenters. The van der Waals surface area contributed by atoms with Crippen molar-refractivity contribution in [1.82, 2.24) is 0 Å². The first-order chi connectivity index (χ1) is 11.1. The molecule has 0 aliphatic rings. The Morgan fingerprint density at radius 2 is 1.61 bits per heavy atom. The third-order valence-corrected chi connectivity index (χ3v) is 3.80. The van der Waals surface area contributed by atoms with Gasteiger partial charge in [0.05, 0.1) is 16.4 Å². The van der Waals surface area contributed by atoms with Crippen molar-refractivity contribution in [3.05, 3.63) is 88.9 Å². The molecule has 114 valence electrons. The van der Waals surface area contributed by atoms with Gasteiger partial charge in [0, 0.05) is 16.8 Å². The Bertz CT molecular complexity index is 847. The summed E-state index contributed by atoms with van der Waals surface area (Å²) in [5, 5.41) is 3.60. The molecule has 0 aromatic heterocycles. The highest BCUT2D eigenvalue weighted by atomic mass is 35.5. The Morgan fingerprint density at radius 1 is 0.913 bits per heavy atom. The highest BCUT2D eigenvalue weighted by molar-refractivity contribution is 6.35. The molecule has 4 heteroatoms. The number of nitrogens with two attached hydrogens (primary N) is 1. The minimum atomic E-state index is -0.0959. The summed E-state index contributed by atoms with van der Waals surface area (Å²) >= 11 is 6.29. The van der Waals surface area contributed by atoms with Gasteiger partial charge in [-0.2, -0.15) is 0 Å². The van der Waals surface area contributed by atoms with E-state index in [4.69, 9.17) is 17.3 Å². The van der Waals surface area contributed by atoms with E-state index < -0.39 is 0 Å². The van der Waals surface area contributed by atoms with Crippen molar-refractivity contribution in [3.8, 4) is 0 Å². The average Bonchev–Trinajstić information content (AvgIpc) is 2.57. The first kappa shape index (κ1) is 15.1. The Kier molecular flexibility index (Phi) is 4.31. The summed E-state index contributed by atoms with van der Waals surface area (Å²) in [6, 6.07) is 21.8. The molecule has 3 rings (SSSR count). The molecule has 3 nitrogen and oxygen atoms in total. The number of benzene rings is 3. The zero-order valence-electron chi connectivity index (χ0n) is 12.3. The number of nitrogens with one attached hydrogen (secondary N) is 1. The molecule has 23 heavy (non-hydrogen) atoms. The molecule has 0 spiro atoms. The fourth-order valence-corrected chi connectivity index (χ4v) is 2.55. The van der Waals surface area contributed by atoms with Crippen molar-refractivity contribution in [3.63, 3.8) is 0 Å². The van der Waals surface area contributed by atoms with E-state index in [1.165, 1.54) is 0 Å². The van der Waals surface area contributed by atoms with Crippen LogP contribution in [0.3, 0.4) is 0 Å². The zero-order valence-corrected chi connectivity index (χ0v) is 13.0. The normalized spacial score (nSPS) is 10.3. The molecular weight excluding hydrogens is 308 g/mol. The third kappa shape index (κ3) is 3.35. The van der Waals surface area contributed by atoms with E-state index in [2.05, 4.69) is 5.32 Å². The van der Waals surface area contributed by atoms with Gasteiger partial charge in [0.25, 0.3) is 0 Å². The van der Waals surface area contributed by atoms with Gasteiger partial charge in [-0.1, -0.05) is 54.1 Å². The fraction of sp³-hybridized carbons (Fsp3) is 0. The van der Waals surface area contributed by atoms with Crippen LogP contribution < -0.4 is 11.1 Å². The van der Waals surface area contributed by atoms with E-state index in [0.29, 0.717) is 21.8 Å². The molecular formula is C19H15ClN2O. The summed E-state index contributed by atoms with van der Waals surface area (Å²) in [6.07, 6.45) is 0. The second-order valence-electron chi connectivity index (χ2n) is 5.10. The van der Waals surface area contributed by atoms with Crippen LogP contribution in [-0.4, -0.2) is 5.78 Å². The van der Waals surface area contributed by atoms with Crippen molar-refractivity contribution >= 4 is 34.4 Å². The minimum Gasteiger partial charge on any atom is -0.397 e. The third-order valence-electron chi connectivity index (χ3n) is 3.49. The molecule has 0 radical (unpaired) electrons. The van der Waals surface area contributed by atoms with Crippen LogP contribution in [0.5, 0.6) is 0 Å². The monoisotopic (exact) mass is 322 g/mol. The predicted molar refractivity (Wildman–Crippen MR) is 95.5 cm³/mol. The smallest absolute Gasteiger partial charge is 0.194 e. The van der Waals surface area contributed by atoms with Crippen LogP contribution in [0.25, 0.3) is 0 Å². The van der Waals surface area contributed by atoms with Gasteiger partial charge in [0.1, 0.15) is 0 Å². The van der Waals surface area contributed by atoms with Gasteiger partial charge in [0.2, 0.25) is 0 Å². The highest BCUT2D eigenvalue weighted by Gasteiger charge is 2.13. The average molecular weight is 323 g/mol. The number of hydrogen-bond acceptors (Lipinski definition) is 3. The van der Waals surface area contributed by atoms with Crippen molar-refractivity contribution in [2.24, 2.45) is 0 Å². The number of nitrogen functional groups attached to an aromatic ring is 1. The maximum absolute atomic E-state index is 12.5. The molecule has 0 saturated heterocycles. The molecule has 0 saturated carbocycles. The SMILES string of the molecule is Nc1ccccc1Nc1ccc(C(=O)c2ccccc2)c(Cl)c1. The van der Waals surface area contributed by atoms with Crippen molar-refractivity contribution in [2.45, 2.75) is 0 Å². The molecule has 3 aromatic rings. The van der Waals surface area contributed by atoms with Gasteiger partial charge in [-0.3, -0.25) is 4.79 Å². The van der Waals surface area contributed by atoms with Crippen molar-refractivity contribution in [2.75, 3.05) is 11.1 Å². The predicted octanol–water partition coefficient (Wildman–Crippen LogP) is 4.90. The van der Waals surface area contributed by atoms with Gasteiger partial charge >= 0.3 is 0 Å². The maximum Gasteiger partial charge on any atom is 0.194 e. The van der Waals surface area contributed by atoms with Gasteiger partial charge < -0.3 is 11.1 Å². The van der Waals surface area contributed by atoms with Crippen LogP contribution >= 0.6 is 11.6 Å². The minimum absolute atomic E-state index is 0.0959. The van der Waals surface area contributed by atoms with Gasteiger partial charge in [-0.15, -0.1) is 0 Å². The fourth-order valence-electron chi connectivity index (χ4n) is 2.29. The van der Waals surface area contributed by atoms with E-state index in [1.54, 1.807) is 24.3 Å². The van der Waals surface area contributed by atoms with E-state index >= 15 is 0 Å². The van der Waals surface area contributed by atoms with E-state index in [9.17, 15) is 4.79 Å². The largest absolute Gasteiger partial charge is 0.397 e. The van der Waals surface area contributed by atoms with Gasteiger partial charge in [-0.25, -0.2) is 0 Å². The summed E-state index contributed by atoms with van der Waals surface area (Å²) in [5.41, 5.74) is 9.22. The highest BCUT2D eigenvalue weighted by Crippen LogP contribution is 2.27. The summed E-state index contributed by atoms with van der Waals surface area (Å²) in [7, 11) is 0. The molecule has 0 fully saturated rings. The molecule has 0 amide bonds. The summed E-state index contributed by atoms with van der Waals surface area (Å²) in [4.78, 5) is 12.5. The van der Waals surface area contributed by atoms with Crippen LogP contribution in [0.15, 0.2) is 72.8 Å². The second kappa shape index (κ2) is 6.55. The number of halogens is 1. The van der Waals surface area contributed by atoms with E-state index in [-0.39, 0.29) is 5.78 Å². The lowest BCUT2D eigenvalue weighted by atomic mass is 10.0. The number of carbonyl (C=O) groups is 1. The molecule has 0 heterocycles. The molecule has 0 aliphatic heterocycles. The number of rotatable bonds is 4. The van der Waals surface area contributed by atoms with Crippen LogP contribution in [0.4, 0.5) is 17.1 Å². The van der Waals surface area contributed by atoms with Crippen LogP contribution in [0.2, 0.25) is 5.02 Å². The second-order valence-corrected chi connectivity index (χ2v) is 5.51. The number of anilines is 3. The summed E-state index contributed by atoms with van der Waals surface area (Å²) in [6.45, 7) is 0. The summed E-state index contributed by atoms with van der Waals surface area (Å²) in [5.74, 6) is -0.0959. The lowest BCUT2D eigenvalue weighted by molar-refractivity contribution is 0.103. The van der Waals surface area contributed by atoms with Crippen LogP contribution in [-0.2, 0) is 0 Å². The Balaban J connectivity index is 1.87. The number of carbonyl (C=O) groups excluding carboxylic acids is 1. The molecule has 3 N–H and O–H groups in total. The summed E-state index contributed by atoms with van der Waals surface area (Å²) < 4.78 is 0. The topological polar surface area (TPSA) is 55.1 Å². The molecule has 0 bridgehead atoms. The van der Waals surface area contributed by atoms with Crippen LogP contribution in [0.1, 0.15) is 15.9 Å². The standard InChI is InChI=1S/C19H15ClN2O/c20-16-12-14(22-18-9-5-4-8-17(18)21)10-11-15(16)19(23)13-6-2-1-3-7-13/h1-12,22H,21H2. The maximum atomic E-state index is 12.5. The van der Waals surface area contributed by atoms with Crippen molar-refractivity contribution in [1.29, 1.82) is 0 Å². The van der Waals surface area contributed by atoms with E-state index in [0.717, 1.165) is 11.4 Å².